The second-order valence-electron chi connectivity index (χ2n) is 7.71. The highest BCUT2D eigenvalue weighted by atomic mass is 35.5. The van der Waals surface area contributed by atoms with Crippen LogP contribution in [0.1, 0.15) is 28.8 Å². The molecule has 0 atom stereocenters. The number of aromatic nitrogens is 2. The van der Waals surface area contributed by atoms with E-state index in [0.717, 1.165) is 40.6 Å². The van der Waals surface area contributed by atoms with Gasteiger partial charge in [-0.1, -0.05) is 29.3 Å². The summed E-state index contributed by atoms with van der Waals surface area (Å²) in [4.78, 5) is 22.7. The van der Waals surface area contributed by atoms with Crippen LogP contribution in [0, 0.1) is 0 Å². The number of fused-ring (bicyclic) bond motifs is 3. The van der Waals surface area contributed by atoms with E-state index in [1.165, 1.54) is 16.9 Å². The quantitative estimate of drug-likeness (QED) is 0.353. The van der Waals surface area contributed by atoms with E-state index >= 15 is 0 Å². The van der Waals surface area contributed by atoms with Gasteiger partial charge in [0.25, 0.3) is 5.56 Å². The number of rotatable bonds is 5. The van der Waals surface area contributed by atoms with Crippen LogP contribution in [0.2, 0.25) is 10.0 Å². The van der Waals surface area contributed by atoms with Crippen molar-refractivity contribution in [2.75, 3.05) is 7.11 Å². The van der Waals surface area contributed by atoms with Gasteiger partial charge in [-0.15, -0.1) is 11.3 Å². The number of hydrogen-bond acceptors (Lipinski definition) is 5. The number of methoxy groups -OCH3 is 1. The van der Waals surface area contributed by atoms with Crippen LogP contribution in [0.4, 0.5) is 0 Å². The van der Waals surface area contributed by atoms with Crippen LogP contribution < -0.4 is 15.0 Å². The Labute approximate surface area is 198 Å². The number of nitrogens with zero attached hydrogens (tertiary/aromatic N) is 1. The van der Waals surface area contributed by atoms with Crippen molar-refractivity contribution in [2.24, 2.45) is 0 Å². The van der Waals surface area contributed by atoms with Gasteiger partial charge < -0.3 is 14.5 Å². The minimum atomic E-state index is -0.0803. The molecule has 5 nitrogen and oxygen atoms in total. The molecule has 0 saturated carbocycles. The average Bonchev–Trinajstić information content (AvgIpc) is 3.18. The van der Waals surface area contributed by atoms with Gasteiger partial charge in [0, 0.05) is 10.4 Å². The molecule has 0 fully saturated rings. The van der Waals surface area contributed by atoms with Crippen molar-refractivity contribution in [3.63, 3.8) is 0 Å². The van der Waals surface area contributed by atoms with Crippen molar-refractivity contribution in [3.05, 3.63) is 72.8 Å². The second kappa shape index (κ2) is 8.77. The molecule has 0 unspecified atom stereocenters. The van der Waals surface area contributed by atoms with Crippen LogP contribution in [0.5, 0.6) is 11.5 Å². The van der Waals surface area contributed by atoms with Crippen LogP contribution in [0.3, 0.4) is 0 Å². The Hall–Kier alpha value is -2.54. The molecule has 2 aromatic carbocycles. The number of hydrogen-bond donors (Lipinski definition) is 1. The number of thiophene rings is 1. The van der Waals surface area contributed by atoms with Crippen molar-refractivity contribution in [2.45, 2.75) is 32.3 Å². The van der Waals surface area contributed by atoms with E-state index in [9.17, 15) is 4.79 Å². The lowest BCUT2D eigenvalue weighted by atomic mass is 9.97. The third kappa shape index (κ3) is 3.98. The topological polar surface area (TPSA) is 64.2 Å². The summed E-state index contributed by atoms with van der Waals surface area (Å²) in [6.07, 6.45) is 4.29. The fourth-order valence-electron chi connectivity index (χ4n) is 4.03. The van der Waals surface area contributed by atoms with Crippen molar-refractivity contribution in [1.82, 2.24) is 9.97 Å². The monoisotopic (exact) mass is 486 g/mol. The van der Waals surface area contributed by atoms with Crippen molar-refractivity contribution in [3.8, 4) is 22.9 Å². The largest absolute Gasteiger partial charge is 0.493 e. The van der Waals surface area contributed by atoms with Gasteiger partial charge in [-0.3, -0.25) is 4.79 Å². The van der Waals surface area contributed by atoms with Gasteiger partial charge in [0.15, 0.2) is 11.5 Å². The molecule has 4 aromatic rings. The third-order valence-corrected chi connectivity index (χ3v) is 7.57. The van der Waals surface area contributed by atoms with E-state index in [4.69, 9.17) is 37.7 Å². The highest BCUT2D eigenvalue weighted by Crippen LogP contribution is 2.36. The van der Waals surface area contributed by atoms with Crippen LogP contribution in [0.25, 0.3) is 21.6 Å². The second-order valence-corrected chi connectivity index (χ2v) is 9.61. The molecule has 1 aliphatic rings. The molecule has 32 heavy (non-hydrogen) atoms. The highest BCUT2D eigenvalue weighted by Gasteiger charge is 2.20. The molecule has 5 rings (SSSR count). The Kier molecular flexibility index (Phi) is 5.84. The molecule has 0 bridgehead atoms. The maximum absolute atomic E-state index is 12.9. The number of aromatic amines is 1. The number of ether oxygens (including phenoxy) is 2. The van der Waals surface area contributed by atoms with Crippen LogP contribution in [-0.2, 0) is 19.4 Å². The molecule has 0 spiro atoms. The maximum atomic E-state index is 12.9. The molecule has 164 valence electrons. The van der Waals surface area contributed by atoms with Gasteiger partial charge in [-0.05, 0) is 67.1 Å². The summed E-state index contributed by atoms with van der Waals surface area (Å²) >= 11 is 13.7. The molecule has 0 amide bonds. The molecule has 8 heteroatoms. The van der Waals surface area contributed by atoms with Gasteiger partial charge in [-0.2, -0.15) is 0 Å². The van der Waals surface area contributed by atoms with Crippen LogP contribution in [0.15, 0.2) is 41.2 Å². The van der Waals surface area contributed by atoms with E-state index in [1.54, 1.807) is 30.6 Å². The van der Waals surface area contributed by atoms with Crippen molar-refractivity contribution < 1.29 is 9.47 Å². The minimum absolute atomic E-state index is 0.0803. The fourth-order valence-corrected chi connectivity index (χ4v) is 5.61. The maximum Gasteiger partial charge on any atom is 0.260 e. The lowest BCUT2D eigenvalue weighted by Crippen LogP contribution is -2.11. The molecule has 1 N–H and O–H groups in total. The molecule has 0 saturated heterocycles. The summed E-state index contributed by atoms with van der Waals surface area (Å²) in [6, 6.07) is 10.9. The smallest absolute Gasteiger partial charge is 0.260 e. The number of H-pyrrole nitrogens is 1. The number of nitrogens with one attached hydrogen (secondary N) is 1. The third-order valence-electron chi connectivity index (χ3n) is 5.64. The minimum Gasteiger partial charge on any atom is -0.493 e. The molecule has 1 aliphatic carbocycles. The van der Waals surface area contributed by atoms with Crippen LogP contribution >= 0.6 is 34.5 Å². The summed E-state index contributed by atoms with van der Waals surface area (Å²) in [5.41, 5.74) is 2.75. The van der Waals surface area contributed by atoms with Gasteiger partial charge >= 0.3 is 0 Å². The summed E-state index contributed by atoms with van der Waals surface area (Å²) in [6.45, 7) is 0.314. The molecular formula is C24H20Cl2N2O3S. The fraction of sp³-hybridized carbons (Fsp3) is 0.250. The predicted octanol–water partition coefficient (Wildman–Crippen LogP) is 6.42. The first-order valence-electron chi connectivity index (χ1n) is 10.3. The molecule has 2 heterocycles. The van der Waals surface area contributed by atoms with Crippen LogP contribution in [-0.4, -0.2) is 17.1 Å². The lowest BCUT2D eigenvalue weighted by Gasteiger charge is -2.12. The molecule has 0 aliphatic heterocycles. The van der Waals surface area contributed by atoms with E-state index in [1.807, 2.05) is 24.3 Å². The van der Waals surface area contributed by atoms with E-state index in [-0.39, 0.29) is 5.56 Å². The predicted molar refractivity (Wildman–Crippen MR) is 130 cm³/mol. The van der Waals surface area contributed by atoms with Crippen molar-refractivity contribution in [1.29, 1.82) is 0 Å². The normalized spacial score (nSPS) is 13.2. The lowest BCUT2D eigenvalue weighted by molar-refractivity contribution is 0.284. The van der Waals surface area contributed by atoms with Gasteiger partial charge in [-0.25, -0.2) is 4.98 Å². The first kappa shape index (κ1) is 21.3. The zero-order valence-electron chi connectivity index (χ0n) is 17.3. The Bertz CT molecular complexity index is 1380. The highest BCUT2D eigenvalue weighted by molar-refractivity contribution is 7.18. The molecular weight excluding hydrogens is 467 g/mol. The van der Waals surface area contributed by atoms with Gasteiger partial charge in [0.1, 0.15) is 17.3 Å². The molecule has 0 radical (unpaired) electrons. The van der Waals surface area contributed by atoms with Gasteiger partial charge in [0.2, 0.25) is 0 Å². The van der Waals surface area contributed by atoms with E-state index in [0.29, 0.717) is 34.0 Å². The number of benzene rings is 2. The zero-order chi connectivity index (χ0) is 22.2. The summed E-state index contributed by atoms with van der Waals surface area (Å²) in [7, 11) is 1.58. The zero-order valence-corrected chi connectivity index (χ0v) is 19.7. The summed E-state index contributed by atoms with van der Waals surface area (Å²) < 4.78 is 11.5. The summed E-state index contributed by atoms with van der Waals surface area (Å²) in [5.74, 6) is 1.66. The number of halogens is 2. The summed E-state index contributed by atoms with van der Waals surface area (Å²) in [5, 5.41) is 1.74. The average molecular weight is 487 g/mol. The van der Waals surface area contributed by atoms with E-state index < -0.39 is 0 Å². The SMILES string of the molecule is COc1cc(-c2nc3sc4c(c3c(=O)[nH]2)CCCC4)ccc1OCc1ccc(Cl)c(Cl)c1. The molecule has 2 aromatic heterocycles. The van der Waals surface area contributed by atoms with Crippen molar-refractivity contribution >= 4 is 44.8 Å². The number of aryl methyl sites for hydroxylation is 2. The van der Waals surface area contributed by atoms with E-state index in [2.05, 4.69) is 4.98 Å². The Morgan fingerprint density at radius 2 is 1.91 bits per heavy atom. The Morgan fingerprint density at radius 1 is 1.06 bits per heavy atom. The first-order valence-corrected chi connectivity index (χ1v) is 11.9. The van der Waals surface area contributed by atoms with Gasteiger partial charge in [0.05, 0.1) is 22.5 Å². The first-order chi connectivity index (χ1) is 15.5. The standard InChI is InChI=1S/C24H20Cl2N2O3S/c1-30-19-11-14(7-9-18(19)31-12-13-6-8-16(25)17(26)10-13)22-27-23(29)21-15-4-2-3-5-20(15)32-24(21)28-22/h6-11H,2-5,12H2,1H3,(H,27,28,29). The Morgan fingerprint density at radius 3 is 2.72 bits per heavy atom. The Balaban J connectivity index is 1.45.